The second-order valence-electron chi connectivity index (χ2n) is 4.97. The molecule has 5 nitrogen and oxygen atoms in total. The molecule has 0 amide bonds. The van der Waals surface area contributed by atoms with E-state index in [4.69, 9.17) is 13.9 Å². The van der Waals surface area contributed by atoms with Gasteiger partial charge in [0.05, 0.1) is 19.0 Å². The van der Waals surface area contributed by atoms with Crippen molar-refractivity contribution in [3.63, 3.8) is 0 Å². The SMILES string of the molecule is OC(CNCCC1CCOC1)COCc1ccco1. The average Bonchev–Trinajstić information content (AvgIpc) is 3.07. The van der Waals surface area contributed by atoms with Crippen LogP contribution in [0.1, 0.15) is 18.6 Å². The smallest absolute Gasteiger partial charge is 0.129 e. The van der Waals surface area contributed by atoms with Gasteiger partial charge in [-0.2, -0.15) is 0 Å². The Bertz CT molecular complexity index is 322. The second kappa shape index (κ2) is 8.32. The van der Waals surface area contributed by atoms with Crippen molar-refractivity contribution in [2.45, 2.75) is 25.6 Å². The Kier molecular flexibility index (Phi) is 6.36. The molecular weight excluding hydrogens is 246 g/mol. The van der Waals surface area contributed by atoms with Crippen molar-refractivity contribution in [3.05, 3.63) is 24.2 Å². The number of hydrogen-bond donors (Lipinski definition) is 2. The van der Waals surface area contributed by atoms with Crippen molar-refractivity contribution in [2.24, 2.45) is 5.92 Å². The molecule has 2 N–H and O–H groups in total. The predicted molar refractivity (Wildman–Crippen MR) is 70.8 cm³/mol. The van der Waals surface area contributed by atoms with E-state index in [1.165, 1.54) is 0 Å². The molecule has 108 valence electrons. The maximum absolute atomic E-state index is 9.73. The van der Waals surface area contributed by atoms with Gasteiger partial charge in [0, 0.05) is 19.8 Å². The summed E-state index contributed by atoms with van der Waals surface area (Å²) in [6, 6.07) is 3.68. The molecule has 2 heterocycles. The van der Waals surface area contributed by atoms with E-state index in [1.54, 1.807) is 6.26 Å². The van der Waals surface area contributed by atoms with E-state index in [9.17, 15) is 5.11 Å². The summed E-state index contributed by atoms with van der Waals surface area (Å²) < 4.78 is 15.8. The number of aliphatic hydroxyl groups is 1. The monoisotopic (exact) mass is 269 g/mol. The molecule has 0 saturated carbocycles. The maximum atomic E-state index is 9.73. The molecule has 2 unspecified atom stereocenters. The fraction of sp³-hybridized carbons (Fsp3) is 0.714. The van der Waals surface area contributed by atoms with Gasteiger partial charge in [0.15, 0.2) is 0 Å². The van der Waals surface area contributed by atoms with Crippen molar-refractivity contribution >= 4 is 0 Å². The summed E-state index contributed by atoms with van der Waals surface area (Å²) in [5.41, 5.74) is 0. The summed E-state index contributed by atoms with van der Waals surface area (Å²) in [6.45, 7) is 3.99. The first-order valence-electron chi connectivity index (χ1n) is 6.91. The van der Waals surface area contributed by atoms with Crippen LogP contribution in [-0.4, -0.2) is 44.1 Å². The standard InChI is InChI=1S/C14H23NO4/c16-13(10-18-11-14-2-1-6-19-14)8-15-5-3-12-4-7-17-9-12/h1-2,6,12-13,15-16H,3-5,7-11H2. The molecule has 0 bridgehead atoms. The highest BCUT2D eigenvalue weighted by molar-refractivity contribution is 4.96. The van der Waals surface area contributed by atoms with Crippen molar-refractivity contribution in [3.8, 4) is 0 Å². The molecule has 0 aromatic carbocycles. The third-order valence-corrected chi connectivity index (χ3v) is 3.27. The molecule has 0 spiro atoms. The van der Waals surface area contributed by atoms with Crippen LogP contribution >= 0.6 is 0 Å². The molecule has 0 aliphatic carbocycles. The number of hydrogen-bond acceptors (Lipinski definition) is 5. The van der Waals surface area contributed by atoms with E-state index in [0.717, 1.165) is 38.4 Å². The zero-order valence-electron chi connectivity index (χ0n) is 11.2. The van der Waals surface area contributed by atoms with E-state index in [0.29, 0.717) is 25.7 Å². The van der Waals surface area contributed by atoms with Gasteiger partial charge in [-0.3, -0.25) is 0 Å². The molecule has 1 fully saturated rings. The first-order valence-corrected chi connectivity index (χ1v) is 6.91. The lowest BCUT2D eigenvalue weighted by molar-refractivity contribution is 0.0226. The largest absolute Gasteiger partial charge is 0.467 e. The van der Waals surface area contributed by atoms with Gasteiger partial charge in [0.1, 0.15) is 12.4 Å². The van der Waals surface area contributed by atoms with Crippen LogP contribution in [-0.2, 0) is 16.1 Å². The van der Waals surface area contributed by atoms with Crippen molar-refractivity contribution in [1.82, 2.24) is 5.32 Å². The fourth-order valence-electron chi connectivity index (χ4n) is 2.14. The van der Waals surface area contributed by atoms with Gasteiger partial charge in [-0.25, -0.2) is 0 Å². The molecular formula is C14H23NO4. The summed E-state index contributed by atoms with van der Waals surface area (Å²) >= 11 is 0. The lowest BCUT2D eigenvalue weighted by Crippen LogP contribution is -2.31. The van der Waals surface area contributed by atoms with Gasteiger partial charge in [-0.05, 0) is 37.4 Å². The van der Waals surface area contributed by atoms with Crippen molar-refractivity contribution < 1.29 is 19.0 Å². The summed E-state index contributed by atoms with van der Waals surface area (Å²) in [4.78, 5) is 0. The Morgan fingerprint density at radius 1 is 1.53 bits per heavy atom. The summed E-state index contributed by atoms with van der Waals surface area (Å²) in [7, 11) is 0. The maximum Gasteiger partial charge on any atom is 0.129 e. The molecule has 0 radical (unpaired) electrons. The van der Waals surface area contributed by atoms with Gasteiger partial charge in [-0.15, -0.1) is 0 Å². The van der Waals surface area contributed by atoms with Crippen molar-refractivity contribution in [2.75, 3.05) is 32.9 Å². The minimum Gasteiger partial charge on any atom is -0.467 e. The number of nitrogens with one attached hydrogen (secondary N) is 1. The van der Waals surface area contributed by atoms with E-state index >= 15 is 0 Å². The van der Waals surface area contributed by atoms with Crippen LogP contribution in [0.5, 0.6) is 0 Å². The lowest BCUT2D eigenvalue weighted by Gasteiger charge is -2.13. The Balaban J connectivity index is 1.44. The Morgan fingerprint density at radius 2 is 2.47 bits per heavy atom. The minimum atomic E-state index is -0.477. The Morgan fingerprint density at radius 3 is 3.21 bits per heavy atom. The number of furan rings is 1. The molecule has 2 atom stereocenters. The van der Waals surface area contributed by atoms with Crippen LogP contribution in [0.25, 0.3) is 0 Å². The van der Waals surface area contributed by atoms with E-state index in [1.807, 2.05) is 12.1 Å². The van der Waals surface area contributed by atoms with Crippen LogP contribution in [0.2, 0.25) is 0 Å². The molecule has 2 rings (SSSR count). The summed E-state index contributed by atoms with van der Waals surface area (Å²) in [6.07, 6.45) is 3.41. The first-order chi connectivity index (χ1) is 9.34. The van der Waals surface area contributed by atoms with Crippen LogP contribution in [0.3, 0.4) is 0 Å². The molecule has 1 aliphatic heterocycles. The first kappa shape index (κ1) is 14.5. The quantitative estimate of drug-likeness (QED) is 0.659. The highest BCUT2D eigenvalue weighted by atomic mass is 16.5. The molecule has 19 heavy (non-hydrogen) atoms. The van der Waals surface area contributed by atoms with Gasteiger partial charge in [0.2, 0.25) is 0 Å². The third-order valence-electron chi connectivity index (χ3n) is 3.27. The summed E-state index contributed by atoms with van der Waals surface area (Å²) in [5.74, 6) is 1.46. The minimum absolute atomic E-state index is 0.320. The number of ether oxygens (including phenoxy) is 2. The van der Waals surface area contributed by atoms with E-state index < -0.39 is 6.10 Å². The zero-order valence-corrected chi connectivity index (χ0v) is 11.2. The molecule has 5 heteroatoms. The van der Waals surface area contributed by atoms with Gasteiger partial charge in [-0.1, -0.05) is 0 Å². The van der Waals surface area contributed by atoms with Crippen LogP contribution in [0, 0.1) is 5.92 Å². The number of aliphatic hydroxyl groups excluding tert-OH is 1. The highest BCUT2D eigenvalue weighted by Gasteiger charge is 2.14. The van der Waals surface area contributed by atoms with Gasteiger partial charge in [0.25, 0.3) is 0 Å². The molecule has 1 aromatic rings. The molecule has 1 aliphatic rings. The zero-order chi connectivity index (χ0) is 13.3. The summed E-state index contributed by atoms with van der Waals surface area (Å²) in [5, 5.41) is 13.0. The molecule has 1 saturated heterocycles. The second-order valence-corrected chi connectivity index (χ2v) is 4.97. The normalized spacial score (nSPS) is 20.8. The third kappa shape index (κ3) is 5.74. The average molecular weight is 269 g/mol. The van der Waals surface area contributed by atoms with Crippen molar-refractivity contribution in [1.29, 1.82) is 0 Å². The van der Waals surface area contributed by atoms with E-state index in [2.05, 4.69) is 5.32 Å². The van der Waals surface area contributed by atoms with Gasteiger partial charge < -0.3 is 24.3 Å². The van der Waals surface area contributed by atoms with Gasteiger partial charge >= 0.3 is 0 Å². The Labute approximate surface area is 113 Å². The topological polar surface area (TPSA) is 63.9 Å². The highest BCUT2D eigenvalue weighted by Crippen LogP contribution is 2.15. The van der Waals surface area contributed by atoms with Crippen LogP contribution in [0.15, 0.2) is 22.8 Å². The molecule has 1 aromatic heterocycles. The predicted octanol–water partition coefficient (Wildman–Crippen LogP) is 1.17. The fourth-order valence-corrected chi connectivity index (χ4v) is 2.14. The lowest BCUT2D eigenvalue weighted by atomic mass is 10.1. The number of rotatable bonds is 9. The van der Waals surface area contributed by atoms with E-state index in [-0.39, 0.29) is 0 Å². The van der Waals surface area contributed by atoms with Crippen LogP contribution < -0.4 is 5.32 Å². The van der Waals surface area contributed by atoms with Crippen LogP contribution in [0.4, 0.5) is 0 Å². The Hall–Kier alpha value is -0.880.